The molecule has 0 aliphatic heterocycles. The predicted octanol–water partition coefficient (Wildman–Crippen LogP) is 3.38. The molecule has 0 bridgehead atoms. The average Bonchev–Trinajstić information content (AvgIpc) is 3.14. The molecule has 0 amide bonds. The van der Waals surface area contributed by atoms with Crippen LogP contribution in [0.15, 0.2) is 71.8 Å². The molecule has 3 aromatic heterocycles. The third-order valence-corrected chi connectivity index (χ3v) is 3.18. The highest BCUT2D eigenvalue weighted by molar-refractivity contribution is 5.63. The first-order valence-electron chi connectivity index (χ1n) is 7.18. The van der Waals surface area contributed by atoms with E-state index in [9.17, 15) is 0 Å². The number of hydrogen-bond donors (Lipinski definition) is 0. The van der Waals surface area contributed by atoms with Crippen LogP contribution in [0.1, 0.15) is 0 Å². The van der Waals surface area contributed by atoms with Gasteiger partial charge in [-0.15, -0.1) is 0 Å². The molecular formula is C17H11N5O2. The molecule has 0 fully saturated rings. The first-order valence-corrected chi connectivity index (χ1v) is 7.18. The highest BCUT2D eigenvalue weighted by atomic mass is 16.5. The van der Waals surface area contributed by atoms with Gasteiger partial charge in [0.15, 0.2) is 0 Å². The average molecular weight is 317 g/mol. The van der Waals surface area contributed by atoms with Gasteiger partial charge in [0, 0.05) is 18.6 Å². The van der Waals surface area contributed by atoms with E-state index >= 15 is 0 Å². The van der Waals surface area contributed by atoms with Gasteiger partial charge in [0.05, 0.1) is 11.8 Å². The minimum Gasteiger partial charge on any atom is -0.438 e. The topological polar surface area (TPSA) is 86.8 Å². The molecule has 7 nitrogen and oxygen atoms in total. The van der Waals surface area contributed by atoms with Crippen LogP contribution in [-0.4, -0.2) is 25.1 Å². The van der Waals surface area contributed by atoms with Gasteiger partial charge in [-0.2, -0.15) is 4.98 Å². The summed E-state index contributed by atoms with van der Waals surface area (Å²) in [7, 11) is 0. The van der Waals surface area contributed by atoms with E-state index in [2.05, 4.69) is 25.1 Å². The zero-order valence-corrected chi connectivity index (χ0v) is 12.4. The lowest BCUT2D eigenvalue weighted by atomic mass is 10.2. The summed E-state index contributed by atoms with van der Waals surface area (Å²) in [6.07, 6.45) is 6.34. The van der Waals surface area contributed by atoms with E-state index in [0.29, 0.717) is 28.7 Å². The standard InChI is InChI=1S/C17H11N5O2/c1-2-5-12(6-3-1)23-16-13(7-4-8-20-16)15-21-17(24-22-15)14-11-18-9-10-19-14/h1-11H. The Balaban J connectivity index is 1.69. The molecule has 4 rings (SSSR count). The molecular weight excluding hydrogens is 306 g/mol. The van der Waals surface area contributed by atoms with Crippen LogP contribution in [0, 0.1) is 0 Å². The number of nitrogens with zero attached hydrogens (tertiary/aromatic N) is 5. The fourth-order valence-corrected chi connectivity index (χ4v) is 2.09. The fraction of sp³-hybridized carbons (Fsp3) is 0. The summed E-state index contributed by atoms with van der Waals surface area (Å²) >= 11 is 0. The van der Waals surface area contributed by atoms with Crippen LogP contribution in [0.25, 0.3) is 23.0 Å². The van der Waals surface area contributed by atoms with Gasteiger partial charge in [0.25, 0.3) is 5.89 Å². The van der Waals surface area contributed by atoms with Crippen molar-refractivity contribution in [2.75, 3.05) is 0 Å². The molecule has 0 radical (unpaired) electrons. The van der Waals surface area contributed by atoms with Gasteiger partial charge in [0.1, 0.15) is 11.4 Å². The summed E-state index contributed by atoms with van der Waals surface area (Å²) in [5.74, 6) is 1.73. The smallest absolute Gasteiger partial charge is 0.278 e. The third-order valence-electron chi connectivity index (χ3n) is 3.18. The van der Waals surface area contributed by atoms with Gasteiger partial charge in [-0.05, 0) is 24.3 Å². The number of aromatic nitrogens is 5. The van der Waals surface area contributed by atoms with Crippen molar-refractivity contribution < 1.29 is 9.26 Å². The lowest BCUT2D eigenvalue weighted by Gasteiger charge is -2.06. The van der Waals surface area contributed by atoms with E-state index in [1.165, 1.54) is 0 Å². The molecule has 0 saturated heterocycles. The van der Waals surface area contributed by atoms with Crippen molar-refractivity contribution in [2.45, 2.75) is 0 Å². The molecule has 116 valence electrons. The van der Waals surface area contributed by atoms with E-state index < -0.39 is 0 Å². The van der Waals surface area contributed by atoms with Gasteiger partial charge in [-0.25, -0.2) is 9.97 Å². The Labute approximate surface area is 137 Å². The zero-order valence-electron chi connectivity index (χ0n) is 12.4. The molecule has 3 heterocycles. The number of rotatable bonds is 4. The maximum absolute atomic E-state index is 5.82. The second-order valence-electron chi connectivity index (χ2n) is 4.79. The summed E-state index contributed by atoms with van der Waals surface area (Å²) in [5.41, 5.74) is 1.13. The van der Waals surface area contributed by atoms with Crippen LogP contribution in [0.2, 0.25) is 0 Å². The van der Waals surface area contributed by atoms with Crippen LogP contribution in [0.3, 0.4) is 0 Å². The van der Waals surface area contributed by atoms with Gasteiger partial charge in [-0.3, -0.25) is 4.98 Å². The minimum absolute atomic E-state index is 0.285. The second-order valence-corrected chi connectivity index (χ2v) is 4.79. The maximum atomic E-state index is 5.82. The molecule has 0 unspecified atom stereocenters. The summed E-state index contributed by atoms with van der Waals surface area (Å²) in [6.45, 7) is 0. The van der Waals surface area contributed by atoms with Crippen molar-refractivity contribution in [3.63, 3.8) is 0 Å². The lowest BCUT2D eigenvalue weighted by molar-refractivity contribution is 0.429. The molecule has 0 aliphatic carbocycles. The van der Waals surface area contributed by atoms with Crippen LogP contribution >= 0.6 is 0 Å². The lowest BCUT2D eigenvalue weighted by Crippen LogP contribution is -1.92. The Morgan fingerprint density at radius 3 is 2.62 bits per heavy atom. The van der Waals surface area contributed by atoms with Gasteiger partial charge in [0.2, 0.25) is 11.7 Å². The summed E-state index contributed by atoms with van der Waals surface area (Å²) in [4.78, 5) is 16.7. The summed E-state index contributed by atoms with van der Waals surface area (Å²) in [5, 5.41) is 3.99. The maximum Gasteiger partial charge on any atom is 0.278 e. The van der Waals surface area contributed by atoms with Crippen LogP contribution < -0.4 is 4.74 Å². The molecule has 0 N–H and O–H groups in total. The van der Waals surface area contributed by atoms with Crippen LogP contribution in [0.5, 0.6) is 11.6 Å². The van der Waals surface area contributed by atoms with Crippen molar-refractivity contribution in [1.82, 2.24) is 25.1 Å². The zero-order chi connectivity index (χ0) is 16.2. The summed E-state index contributed by atoms with van der Waals surface area (Å²) in [6, 6.07) is 13.0. The molecule has 0 aliphatic rings. The molecule has 0 atom stereocenters. The molecule has 24 heavy (non-hydrogen) atoms. The predicted molar refractivity (Wildman–Crippen MR) is 85.1 cm³/mol. The number of ether oxygens (including phenoxy) is 1. The Morgan fingerprint density at radius 2 is 1.79 bits per heavy atom. The number of pyridine rings is 1. The van der Waals surface area contributed by atoms with E-state index in [1.807, 2.05) is 36.4 Å². The second kappa shape index (κ2) is 6.25. The highest BCUT2D eigenvalue weighted by Gasteiger charge is 2.16. The highest BCUT2D eigenvalue weighted by Crippen LogP contribution is 2.30. The SMILES string of the molecule is c1ccc(Oc2ncccc2-c2noc(-c3cnccn3)n2)cc1. The molecule has 4 aromatic rings. The van der Waals surface area contributed by atoms with Gasteiger partial charge < -0.3 is 9.26 Å². The van der Waals surface area contributed by atoms with Gasteiger partial charge in [-0.1, -0.05) is 23.4 Å². The van der Waals surface area contributed by atoms with Crippen molar-refractivity contribution in [3.8, 4) is 34.6 Å². The Bertz CT molecular complexity index is 941. The minimum atomic E-state index is 0.285. The molecule has 0 spiro atoms. The molecule has 1 aromatic carbocycles. The van der Waals surface area contributed by atoms with E-state index in [4.69, 9.17) is 9.26 Å². The summed E-state index contributed by atoms with van der Waals surface area (Å²) < 4.78 is 11.1. The number of hydrogen-bond acceptors (Lipinski definition) is 7. The van der Waals surface area contributed by atoms with Crippen LogP contribution in [0.4, 0.5) is 0 Å². The third kappa shape index (κ3) is 2.82. The van der Waals surface area contributed by atoms with Crippen LogP contribution in [-0.2, 0) is 0 Å². The number of benzene rings is 1. The molecule has 7 heteroatoms. The Morgan fingerprint density at radius 1 is 0.875 bits per heavy atom. The van der Waals surface area contributed by atoms with E-state index in [-0.39, 0.29) is 5.89 Å². The van der Waals surface area contributed by atoms with Crippen molar-refractivity contribution >= 4 is 0 Å². The van der Waals surface area contributed by atoms with Gasteiger partial charge >= 0.3 is 0 Å². The monoisotopic (exact) mass is 317 g/mol. The first-order chi connectivity index (χ1) is 11.9. The first kappa shape index (κ1) is 14.0. The normalized spacial score (nSPS) is 10.5. The molecule has 0 saturated carbocycles. The largest absolute Gasteiger partial charge is 0.438 e. The van der Waals surface area contributed by atoms with E-state index in [1.54, 1.807) is 30.9 Å². The Hall–Kier alpha value is -3.61. The quantitative estimate of drug-likeness (QED) is 0.570. The van der Waals surface area contributed by atoms with Crippen molar-refractivity contribution in [2.24, 2.45) is 0 Å². The fourth-order valence-electron chi connectivity index (χ4n) is 2.09. The van der Waals surface area contributed by atoms with Crippen molar-refractivity contribution in [3.05, 3.63) is 67.3 Å². The van der Waals surface area contributed by atoms with Crippen molar-refractivity contribution in [1.29, 1.82) is 0 Å². The number of para-hydroxylation sites is 1. The van der Waals surface area contributed by atoms with E-state index in [0.717, 1.165) is 0 Å². The Kier molecular flexibility index (Phi) is 3.65.